The number of aryl methyl sites for hydroxylation is 1. The zero-order chi connectivity index (χ0) is 14.4. The van der Waals surface area contributed by atoms with Gasteiger partial charge >= 0.3 is 0 Å². The number of nitrogens with one attached hydrogen (secondary N) is 1. The van der Waals surface area contributed by atoms with Crippen LogP contribution in [0, 0.1) is 11.6 Å². The minimum absolute atomic E-state index is 0.119. The first kappa shape index (κ1) is 14.7. The van der Waals surface area contributed by atoms with Gasteiger partial charge in [-0.25, -0.2) is 8.78 Å². The van der Waals surface area contributed by atoms with Crippen molar-refractivity contribution >= 4 is 0 Å². The van der Waals surface area contributed by atoms with E-state index in [1.54, 1.807) is 0 Å². The van der Waals surface area contributed by atoms with E-state index in [0.717, 1.165) is 25.5 Å². The summed E-state index contributed by atoms with van der Waals surface area (Å²) in [6, 6.07) is 13.9. The zero-order valence-electron chi connectivity index (χ0n) is 11.6. The Bertz CT molecular complexity index is 540. The molecule has 0 saturated carbocycles. The van der Waals surface area contributed by atoms with E-state index in [2.05, 4.69) is 17.4 Å². The molecule has 0 radical (unpaired) electrons. The van der Waals surface area contributed by atoms with Crippen molar-refractivity contribution in [2.24, 2.45) is 0 Å². The molecular weight excluding hydrogens is 256 g/mol. The molecule has 0 heterocycles. The fourth-order valence-electron chi connectivity index (χ4n) is 2.22. The minimum atomic E-state index is -0.539. The molecule has 2 aromatic carbocycles. The molecule has 2 rings (SSSR count). The van der Waals surface area contributed by atoms with Gasteiger partial charge in [0.1, 0.15) is 11.6 Å². The van der Waals surface area contributed by atoms with Crippen LogP contribution in [0.1, 0.15) is 30.5 Å². The highest BCUT2D eigenvalue weighted by atomic mass is 19.1. The first-order chi connectivity index (χ1) is 9.66. The van der Waals surface area contributed by atoms with Crippen molar-refractivity contribution in [1.29, 1.82) is 0 Å². The Labute approximate surface area is 118 Å². The predicted molar refractivity (Wildman–Crippen MR) is 77.5 cm³/mol. The van der Waals surface area contributed by atoms with Crippen LogP contribution in [0.25, 0.3) is 0 Å². The van der Waals surface area contributed by atoms with Crippen molar-refractivity contribution in [3.8, 4) is 0 Å². The van der Waals surface area contributed by atoms with Crippen molar-refractivity contribution in [2.45, 2.75) is 25.8 Å². The second-order valence-corrected chi connectivity index (χ2v) is 4.93. The van der Waals surface area contributed by atoms with Gasteiger partial charge in [0.2, 0.25) is 0 Å². The molecule has 0 aliphatic rings. The maximum atomic E-state index is 13.6. The van der Waals surface area contributed by atoms with E-state index < -0.39 is 11.6 Å². The van der Waals surface area contributed by atoms with Crippen LogP contribution in [0.2, 0.25) is 0 Å². The Morgan fingerprint density at radius 2 is 1.80 bits per heavy atom. The maximum Gasteiger partial charge on any atom is 0.130 e. The first-order valence-corrected chi connectivity index (χ1v) is 6.89. The van der Waals surface area contributed by atoms with E-state index in [1.165, 1.54) is 17.7 Å². The molecule has 0 saturated heterocycles. The van der Waals surface area contributed by atoms with Crippen molar-refractivity contribution in [3.05, 3.63) is 71.3 Å². The molecule has 1 atom stereocenters. The molecule has 1 nitrogen and oxygen atoms in total. The third-order valence-electron chi connectivity index (χ3n) is 3.36. The molecule has 0 spiro atoms. The van der Waals surface area contributed by atoms with Crippen molar-refractivity contribution in [2.75, 3.05) is 6.54 Å². The van der Waals surface area contributed by atoms with Crippen LogP contribution >= 0.6 is 0 Å². The second kappa shape index (κ2) is 7.15. The predicted octanol–water partition coefficient (Wildman–Crippen LogP) is 4.25. The molecule has 0 bridgehead atoms. The van der Waals surface area contributed by atoms with Crippen LogP contribution in [0.4, 0.5) is 8.78 Å². The van der Waals surface area contributed by atoms with E-state index in [4.69, 9.17) is 0 Å². The Balaban J connectivity index is 1.79. The van der Waals surface area contributed by atoms with Gasteiger partial charge in [-0.15, -0.1) is 0 Å². The third-order valence-corrected chi connectivity index (χ3v) is 3.36. The molecule has 3 heteroatoms. The third kappa shape index (κ3) is 4.14. The van der Waals surface area contributed by atoms with Gasteiger partial charge in [-0.3, -0.25) is 0 Å². The fourth-order valence-corrected chi connectivity index (χ4v) is 2.22. The monoisotopic (exact) mass is 275 g/mol. The number of hydrogen-bond acceptors (Lipinski definition) is 1. The highest BCUT2D eigenvalue weighted by Gasteiger charge is 2.10. The van der Waals surface area contributed by atoms with E-state index >= 15 is 0 Å². The minimum Gasteiger partial charge on any atom is -0.310 e. The summed E-state index contributed by atoms with van der Waals surface area (Å²) < 4.78 is 26.4. The van der Waals surface area contributed by atoms with Crippen LogP contribution in [0.15, 0.2) is 48.5 Å². The van der Waals surface area contributed by atoms with E-state index in [9.17, 15) is 8.78 Å². The number of halogens is 2. The topological polar surface area (TPSA) is 12.0 Å². The van der Waals surface area contributed by atoms with E-state index in [1.807, 2.05) is 25.1 Å². The maximum absolute atomic E-state index is 13.6. The smallest absolute Gasteiger partial charge is 0.130 e. The molecule has 20 heavy (non-hydrogen) atoms. The lowest BCUT2D eigenvalue weighted by atomic mass is 10.1. The standard InChI is InChI=1S/C17H19F2N/c1-13(16-10-9-15(18)12-17(16)19)20-11-5-8-14-6-3-2-4-7-14/h2-4,6-7,9-10,12-13,20H,5,8,11H2,1H3. The number of rotatable bonds is 6. The normalized spacial score (nSPS) is 12.3. The van der Waals surface area contributed by atoms with E-state index in [0.29, 0.717) is 5.56 Å². The SMILES string of the molecule is CC(NCCCc1ccccc1)c1ccc(F)cc1F. The first-order valence-electron chi connectivity index (χ1n) is 6.89. The molecule has 106 valence electrons. The van der Waals surface area contributed by atoms with Gasteiger partial charge in [0.15, 0.2) is 0 Å². The van der Waals surface area contributed by atoms with Gasteiger partial charge in [-0.1, -0.05) is 36.4 Å². The van der Waals surface area contributed by atoms with Gasteiger partial charge in [-0.05, 0) is 37.9 Å². The van der Waals surface area contributed by atoms with Crippen LogP contribution in [-0.4, -0.2) is 6.54 Å². The van der Waals surface area contributed by atoms with Crippen LogP contribution in [-0.2, 0) is 6.42 Å². The molecule has 0 amide bonds. The fraction of sp³-hybridized carbons (Fsp3) is 0.294. The van der Waals surface area contributed by atoms with Crippen LogP contribution in [0.3, 0.4) is 0 Å². The Morgan fingerprint density at radius 1 is 1.05 bits per heavy atom. The molecule has 2 aromatic rings. The quantitative estimate of drug-likeness (QED) is 0.777. The summed E-state index contributed by atoms with van der Waals surface area (Å²) in [7, 11) is 0. The van der Waals surface area contributed by atoms with Crippen molar-refractivity contribution in [3.63, 3.8) is 0 Å². The van der Waals surface area contributed by atoms with Gasteiger partial charge in [-0.2, -0.15) is 0 Å². The molecule has 0 aliphatic heterocycles. The molecule has 1 unspecified atom stereocenters. The molecule has 1 N–H and O–H groups in total. The largest absolute Gasteiger partial charge is 0.310 e. The van der Waals surface area contributed by atoms with Crippen LogP contribution < -0.4 is 5.32 Å². The highest BCUT2D eigenvalue weighted by Crippen LogP contribution is 2.17. The van der Waals surface area contributed by atoms with Crippen molar-refractivity contribution < 1.29 is 8.78 Å². The lowest BCUT2D eigenvalue weighted by Gasteiger charge is -2.15. The summed E-state index contributed by atoms with van der Waals surface area (Å²) in [6.07, 6.45) is 1.98. The number of hydrogen-bond donors (Lipinski definition) is 1. The van der Waals surface area contributed by atoms with Crippen molar-refractivity contribution in [1.82, 2.24) is 5.32 Å². The zero-order valence-corrected chi connectivity index (χ0v) is 11.6. The average molecular weight is 275 g/mol. The van der Waals surface area contributed by atoms with Gasteiger partial charge in [0.05, 0.1) is 0 Å². The molecule has 0 aromatic heterocycles. The number of benzene rings is 2. The van der Waals surface area contributed by atoms with E-state index in [-0.39, 0.29) is 6.04 Å². The summed E-state index contributed by atoms with van der Waals surface area (Å²) in [4.78, 5) is 0. The Kier molecular flexibility index (Phi) is 5.24. The lowest BCUT2D eigenvalue weighted by molar-refractivity contribution is 0.512. The van der Waals surface area contributed by atoms with Gasteiger partial charge in [0, 0.05) is 17.7 Å². The molecular formula is C17H19F2N. The summed E-state index contributed by atoms with van der Waals surface area (Å²) in [5.41, 5.74) is 1.81. The Morgan fingerprint density at radius 3 is 2.50 bits per heavy atom. The summed E-state index contributed by atoms with van der Waals surface area (Å²) in [6.45, 7) is 2.69. The van der Waals surface area contributed by atoms with Gasteiger partial charge in [0.25, 0.3) is 0 Å². The highest BCUT2D eigenvalue weighted by molar-refractivity contribution is 5.21. The molecule has 0 fully saturated rings. The van der Waals surface area contributed by atoms with Crippen LogP contribution in [0.5, 0.6) is 0 Å². The summed E-state index contributed by atoms with van der Waals surface area (Å²) in [5, 5.41) is 3.27. The Hall–Kier alpha value is -1.74. The average Bonchev–Trinajstić information content (AvgIpc) is 2.44. The summed E-state index contributed by atoms with van der Waals surface area (Å²) >= 11 is 0. The summed E-state index contributed by atoms with van der Waals surface area (Å²) in [5.74, 6) is -1.03. The second-order valence-electron chi connectivity index (χ2n) is 4.93. The lowest BCUT2D eigenvalue weighted by Crippen LogP contribution is -2.21. The molecule has 0 aliphatic carbocycles. The van der Waals surface area contributed by atoms with Gasteiger partial charge < -0.3 is 5.32 Å².